The van der Waals surface area contributed by atoms with Crippen molar-refractivity contribution < 1.29 is 34.1 Å². The zero-order valence-corrected chi connectivity index (χ0v) is 16.6. The Morgan fingerprint density at radius 3 is 2.14 bits per heavy atom. The van der Waals surface area contributed by atoms with Gasteiger partial charge in [0.25, 0.3) is 0 Å². The molecule has 0 fully saturated rings. The number of hydrogen-bond acceptors (Lipinski definition) is 6. The second-order valence-electron chi connectivity index (χ2n) is 5.92. The third-order valence-corrected chi connectivity index (χ3v) is 3.80. The van der Waals surface area contributed by atoms with Gasteiger partial charge in [-0.1, -0.05) is 19.1 Å². The SMILES string of the molecule is CCCN(CCCC(N)=O)CCc1cccc(OC)c1OC.O=C(O)C(=O)O. The maximum absolute atomic E-state index is 10.8. The van der Waals surface area contributed by atoms with Crippen LogP contribution < -0.4 is 15.2 Å². The lowest BCUT2D eigenvalue weighted by Crippen LogP contribution is -2.29. The number of aliphatic carboxylic acids is 2. The Kier molecular flexibility index (Phi) is 12.8. The van der Waals surface area contributed by atoms with Crippen LogP contribution in [0.1, 0.15) is 31.7 Å². The smallest absolute Gasteiger partial charge is 0.414 e. The molecule has 158 valence electrons. The van der Waals surface area contributed by atoms with Crippen molar-refractivity contribution in [1.82, 2.24) is 4.90 Å². The fourth-order valence-electron chi connectivity index (χ4n) is 2.56. The molecule has 1 aromatic rings. The van der Waals surface area contributed by atoms with Crippen molar-refractivity contribution in [2.75, 3.05) is 33.9 Å². The molecule has 1 amide bonds. The lowest BCUT2D eigenvalue weighted by molar-refractivity contribution is -0.159. The fourth-order valence-corrected chi connectivity index (χ4v) is 2.56. The molecule has 9 heteroatoms. The minimum Gasteiger partial charge on any atom is -0.493 e. The number of carbonyl (C=O) groups excluding carboxylic acids is 1. The van der Waals surface area contributed by atoms with Crippen LogP contribution in [0.4, 0.5) is 0 Å². The van der Waals surface area contributed by atoms with E-state index < -0.39 is 11.9 Å². The maximum Gasteiger partial charge on any atom is 0.414 e. The summed E-state index contributed by atoms with van der Waals surface area (Å²) in [5.41, 5.74) is 6.34. The molecule has 0 heterocycles. The minimum atomic E-state index is -1.82. The predicted octanol–water partition coefficient (Wildman–Crippen LogP) is 1.38. The van der Waals surface area contributed by atoms with Gasteiger partial charge in [-0.2, -0.15) is 0 Å². The van der Waals surface area contributed by atoms with Gasteiger partial charge < -0.3 is 30.3 Å². The predicted molar refractivity (Wildman–Crippen MR) is 104 cm³/mol. The molecule has 0 bridgehead atoms. The first-order chi connectivity index (χ1) is 13.3. The van der Waals surface area contributed by atoms with E-state index in [0.29, 0.717) is 6.42 Å². The average molecular weight is 398 g/mol. The Morgan fingerprint density at radius 2 is 1.68 bits per heavy atom. The second kappa shape index (κ2) is 14.3. The molecule has 0 radical (unpaired) electrons. The van der Waals surface area contributed by atoms with Crippen molar-refractivity contribution >= 4 is 17.8 Å². The van der Waals surface area contributed by atoms with Gasteiger partial charge in [0.2, 0.25) is 5.91 Å². The van der Waals surface area contributed by atoms with Gasteiger partial charge in [0.15, 0.2) is 11.5 Å². The van der Waals surface area contributed by atoms with Crippen molar-refractivity contribution in [2.24, 2.45) is 5.73 Å². The van der Waals surface area contributed by atoms with Gasteiger partial charge in [0, 0.05) is 13.0 Å². The highest BCUT2D eigenvalue weighted by Gasteiger charge is 2.11. The monoisotopic (exact) mass is 398 g/mol. The number of primary amides is 1. The van der Waals surface area contributed by atoms with Crippen LogP contribution in [-0.4, -0.2) is 66.8 Å². The minimum absolute atomic E-state index is 0.231. The first kappa shape index (κ1) is 25.2. The molecular weight excluding hydrogens is 368 g/mol. The number of carboxylic acids is 2. The van der Waals surface area contributed by atoms with Crippen LogP contribution in [0.15, 0.2) is 18.2 Å². The van der Waals surface area contributed by atoms with Gasteiger partial charge in [0.05, 0.1) is 14.2 Å². The van der Waals surface area contributed by atoms with Crippen molar-refractivity contribution in [3.63, 3.8) is 0 Å². The first-order valence-corrected chi connectivity index (χ1v) is 8.93. The van der Waals surface area contributed by atoms with Gasteiger partial charge in [-0.25, -0.2) is 9.59 Å². The molecule has 0 aliphatic carbocycles. The van der Waals surface area contributed by atoms with Gasteiger partial charge in [-0.15, -0.1) is 0 Å². The number of nitrogens with two attached hydrogens (primary N) is 1. The third kappa shape index (κ3) is 10.4. The van der Waals surface area contributed by atoms with E-state index in [1.807, 2.05) is 12.1 Å². The zero-order chi connectivity index (χ0) is 21.5. The Hall–Kier alpha value is -2.81. The molecule has 1 aromatic carbocycles. The van der Waals surface area contributed by atoms with Gasteiger partial charge in [-0.3, -0.25) is 4.79 Å². The molecule has 1 rings (SSSR count). The van der Waals surface area contributed by atoms with E-state index in [9.17, 15) is 4.79 Å². The van der Waals surface area contributed by atoms with E-state index in [2.05, 4.69) is 17.9 Å². The molecule has 4 N–H and O–H groups in total. The second-order valence-corrected chi connectivity index (χ2v) is 5.92. The lowest BCUT2D eigenvalue weighted by atomic mass is 10.1. The van der Waals surface area contributed by atoms with Crippen LogP contribution in [0.3, 0.4) is 0 Å². The van der Waals surface area contributed by atoms with E-state index >= 15 is 0 Å². The van der Waals surface area contributed by atoms with Gasteiger partial charge >= 0.3 is 11.9 Å². The molecule has 0 aliphatic rings. The van der Waals surface area contributed by atoms with E-state index in [1.54, 1.807) is 14.2 Å². The largest absolute Gasteiger partial charge is 0.493 e. The van der Waals surface area contributed by atoms with Crippen LogP contribution in [0.25, 0.3) is 0 Å². The van der Waals surface area contributed by atoms with Crippen molar-refractivity contribution in [3.8, 4) is 11.5 Å². The summed E-state index contributed by atoms with van der Waals surface area (Å²) in [6, 6.07) is 5.95. The topological polar surface area (TPSA) is 139 Å². The molecule has 0 aromatic heterocycles. The molecular formula is C19H30N2O7. The number of ether oxygens (including phenoxy) is 2. The highest BCUT2D eigenvalue weighted by atomic mass is 16.5. The summed E-state index contributed by atoms with van der Waals surface area (Å²) in [6.07, 6.45) is 3.23. The van der Waals surface area contributed by atoms with Crippen LogP contribution in [0, 0.1) is 0 Å². The maximum atomic E-state index is 10.8. The number of carbonyl (C=O) groups is 3. The van der Waals surface area contributed by atoms with E-state index in [4.69, 9.17) is 35.0 Å². The van der Waals surface area contributed by atoms with Crippen LogP contribution in [0.2, 0.25) is 0 Å². The van der Waals surface area contributed by atoms with E-state index in [-0.39, 0.29) is 5.91 Å². The molecule has 0 saturated heterocycles. The summed E-state index contributed by atoms with van der Waals surface area (Å²) in [4.78, 5) is 31.4. The first-order valence-electron chi connectivity index (χ1n) is 8.93. The lowest BCUT2D eigenvalue weighted by Gasteiger charge is -2.22. The highest BCUT2D eigenvalue weighted by Crippen LogP contribution is 2.31. The Bertz CT molecular complexity index is 623. The molecule has 9 nitrogen and oxygen atoms in total. The molecule has 0 saturated carbocycles. The van der Waals surface area contributed by atoms with E-state index in [1.165, 1.54) is 0 Å². The number of methoxy groups -OCH3 is 2. The number of amides is 1. The Labute approximate surface area is 165 Å². The number of nitrogens with zero attached hydrogens (tertiary/aromatic N) is 1. The average Bonchev–Trinajstić information content (AvgIpc) is 2.65. The number of rotatable bonds is 11. The third-order valence-electron chi connectivity index (χ3n) is 3.80. The number of carboxylic acid groups (broad SMARTS) is 2. The van der Waals surface area contributed by atoms with E-state index in [0.717, 1.165) is 56.0 Å². The number of para-hydroxylation sites is 1. The number of hydrogen-bond donors (Lipinski definition) is 3. The van der Waals surface area contributed by atoms with Crippen molar-refractivity contribution in [3.05, 3.63) is 23.8 Å². The standard InChI is InChI=1S/C17H28N2O3.C2H2O4/c1-4-11-19(12-6-9-16(18)20)13-10-14-7-5-8-15(21-2)17(14)22-3;3-1(4)2(5)6/h5,7-8H,4,6,9-13H2,1-3H3,(H2,18,20);(H,3,4)(H,5,6). The van der Waals surface area contributed by atoms with Crippen molar-refractivity contribution in [1.29, 1.82) is 0 Å². The highest BCUT2D eigenvalue weighted by molar-refractivity contribution is 6.27. The van der Waals surface area contributed by atoms with Crippen LogP contribution in [-0.2, 0) is 20.8 Å². The van der Waals surface area contributed by atoms with Crippen LogP contribution in [0.5, 0.6) is 11.5 Å². The molecule has 0 spiro atoms. The molecule has 0 unspecified atom stereocenters. The quantitative estimate of drug-likeness (QED) is 0.475. The summed E-state index contributed by atoms with van der Waals surface area (Å²) in [5, 5.41) is 14.8. The zero-order valence-electron chi connectivity index (χ0n) is 16.6. The fraction of sp³-hybridized carbons (Fsp3) is 0.526. The van der Waals surface area contributed by atoms with Crippen LogP contribution >= 0.6 is 0 Å². The summed E-state index contributed by atoms with van der Waals surface area (Å²) >= 11 is 0. The normalized spacial score (nSPS) is 10.0. The summed E-state index contributed by atoms with van der Waals surface area (Å²) in [7, 11) is 3.31. The molecule has 0 aliphatic heterocycles. The summed E-state index contributed by atoms with van der Waals surface area (Å²) in [6.45, 7) is 5.00. The van der Waals surface area contributed by atoms with Gasteiger partial charge in [0.1, 0.15) is 0 Å². The molecule has 28 heavy (non-hydrogen) atoms. The van der Waals surface area contributed by atoms with Gasteiger partial charge in [-0.05, 0) is 44.0 Å². The number of benzene rings is 1. The van der Waals surface area contributed by atoms with Crippen molar-refractivity contribution in [2.45, 2.75) is 32.6 Å². The molecule has 0 atom stereocenters. The Balaban J connectivity index is 0.00000105. The summed E-state index contributed by atoms with van der Waals surface area (Å²) in [5.74, 6) is -2.31. The summed E-state index contributed by atoms with van der Waals surface area (Å²) < 4.78 is 10.8. The Morgan fingerprint density at radius 1 is 1.04 bits per heavy atom.